The second kappa shape index (κ2) is 12.9. The predicted molar refractivity (Wildman–Crippen MR) is 174 cm³/mol. The zero-order chi connectivity index (χ0) is 31.4. The van der Waals surface area contributed by atoms with Gasteiger partial charge in [0.15, 0.2) is 0 Å². The fraction of sp³-hybridized carbons (Fsp3) is 0.472. The molecule has 0 radical (unpaired) electrons. The quantitative estimate of drug-likeness (QED) is 0.160. The second-order valence-corrected chi connectivity index (χ2v) is 13.3. The van der Waals surface area contributed by atoms with Crippen LogP contribution in [-0.4, -0.2) is 40.4 Å². The third-order valence-corrected chi connectivity index (χ3v) is 7.42. The van der Waals surface area contributed by atoms with Crippen molar-refractivity contribution < 1.29 is 9.53 Å². The molecule has 1 aliphatic heterocycles. The van der Waals surface area contributed by atoms with Gasteiger partial charge in [-0.15, -0.1) is 5.73 Å². The van der Waals surface area contributed by atoms with E-state index < -0.39 is 5.60 Å². The Bertz CT molecular complexity index is 1530. The Morgan fingerprint density at radius 2 is 1.90 bits per heavy atom. The van der Waals surface area contributed by atoms with E-state index in [1.165, 1.54) is 16.7 Å². The average Bonchev–Trinajstić information content (AvgIpc) is 2.89. The van der Waals surface area contributed by atoms with E-state index in [2.05, 4.69) is 83.1 Å². The fourth-order valence-corrected chi connectivity index (χ4v) is 5.46. The van der Waals surface area contributed by atoms with Gasteiger partial charge in [-0.2, -0.15) is 5.26 Å². The molecule has 3 rings (SSSR count). The molecule has 2 aromatic rings. The van der Waals surface area contributed by atoms with Crippen molar-refractivity contribution in [2.75, 3.05) is 6.54 Å². The van der Waals surface area contributed by atoms with Crippen LogP contribution >= 0.6 is 0 Å². The molecule has 0 aliphatic carbocycles. The molecule has 0 spiro atoms. The standard InChI is InChI=1S/C36H46N4O2/c1-12-26(17-29(20-37)38-13-2)28-18-30(35(6,7)8)33-31(19-28)39-21-24(4)32(33)27-15-14-25(5)40(22-23(3)16-27)34(41)42-36(9,10)11/h13,16-19,21,23,25H,1,14-15,22H2,2-11H3/b27-16-,29-17-,38-13?/t23-,25-/m1/s1. The number of amides is 1. The number of pyridine rings is 1. The van der Waals surface area contributed by atoms with E-state index in [0.29, 0.717) is 17.8 Å². The van der Waals surface area contributed by atoms with Crippen LogP contribution in [0.15, 0.2) is 53.5 Å². The first kappa shape index (κ1) is 32.6. The molecular weight excluding hydrogens is 520 g/mol. The first-order chi connectivity index (χ1) is 19.6. The summed E-state index contributed by atoms with van der Waals surface area (Å²) in [5, 5.41) is 10.7. The number of ether oxygens (including phenoxy) is 1. The van der Waals surface area contributed by atoms with Crippen LogP contribution in [0.1, 0.15) is 97.4 Å². The Morgan fingerprint density at radius 1 is 1.21 bits per heavy atom. The Morgan fingerprint density at radius 3 is 2.48 bits per heavy atom. The summed E-state index contributed by atoms with van der Waals surface area (Å²) in [5.74, 6) is 0.138. The normalized spacial score (nSPS) is 19.9. The van der Waals surface area contributed by atoms with Gasteiger partial charge < -0.3 is 9.64 Å². The van der Waals surface area contributed by atoms with Crippen molar-refractivity contribution in [3.05, 3.63) is 70.7 Å². The Balaban J connectivity index is 2.21. The number of aryl methyl sites for hydroxylation is 1. The highest BCUT2D eigenvalue weighted by Crippen LogP contribution is 2.40. The van der Waals surface area contributed by atoms with E-state index >= 15 is 0 Å². The molecule has 6 nitrogen and oxygen atoms in total. The Labute approximate surface area is 252 Å². The molecule has 2 heterocycles. The maximum atomic E-state index is 13.0. The number of hydrogen-bond acceptors (Lipinski definition) is 5. The summed E-state index contributed by atoms with van der Waals surface area (Å²) in [4.78, 5) is 24.0. The lowest BCUT2D eigenvalue weighted by Gasteiger charge is -2.35. The summed E-state index contributed by atoms with van der Waals surface area (Å²) in [6, 6.07) is 6.42. The molecule has 1 aliphatic rings. The largest absolute Gasteiger partial charge is 0.444 e. The minimum absolute atomic E-state index is 0.0419. The van der Waals surface area contributed by atoms with E-state index in [0.717, 1.165) is 34.9 Å². The second-order valence-electron chi connectivity index (χ2n) is 13.3. The van der Waals surface area contributed by atoms with Crippen molar-refractivity contribution in [1.82, 2.24) is 9.88 Å². The fourth-order valence-electron chi connectivity index (χ4n) is 5.46. The minimum Gasteiger partial charge on any atom is -0.444 e. The van der Waals surface area contributed by atoms with Crippen LogP contribution in [0.2, 0.25) is 0 Å². The lowest BCUT2D eigenvalue weighted by atomic mass is 9.79. The van der Waals surface area contributed by atoms with Crippen LogP contribution in [0.4, 0.5) is 4.79 Å². The number of hydrogen-bond donors (Lipinski definition) is 0. The molecule has 2 atom stereocenters. The van der Waals surface area contributed by atoms with Gasteiger partial charge in [-0.05, 0) is 112 Å². The van der Waals surface area contributed by atoms with Gasteiger partial charge in [0.25, 0.3) is 0 Å². The van der Waals surface area contributed by atoms with Crippen LogP contribution in [0.5, 0.6) is 0 Å². The van der Waals surface area contributed by atoms with E-state index in [9.17, 15) is 10.1 Å². The monoisotopic (exact) mass is 566 g/mol. The molecule has 0 bridgehead atoms. The van der Waals surface area contributed by atoms with E-state index in [1.54, 1.807) is 19.2 Å². The van der Waals surface area contributed by atoms with Gasteiger partial charge >= 0.3 is 6.09 Å². The number of nitrogens with zero attached hydrogens (tertiary/aromatic N) is 4. The smallest absolute Gasteiger partial charge is 0.410 e. The SMILES string of the molecule is C=C=C(/C=C(/C#N)N=CC)c1cc(C(C)(C)C)c2c(/C3=C\[C@@H](C)CN(C(=O)OC(C)(C)C)[C@H](C)CC3)c(C)cnc2c1. The molecular formula is C36H46N4O2. The van der Waals surface area contributed by atoms with E-state index in [1.807, 2.05) is 31.9 Å². The Hall–Kier alpha value is -3.94. The molecule has 0 saturated heterocycles. The molecule has 0 saturated carbocycles. The van der Waals surface area contributed by atoms with Crippen LogP contribution in [0.3, 0.4) is 0 Å². The summed E-state index contributed by atoms with van der Waals surface area (Å²) in [6.45, 7) is 25.0. The zero-order valence-electron chi connectivity index (χ0n) is 27.1. The van der Waals surface area contributed by atoms with Crippen LogP contribution < -0.4 is 0 Å². The topological polar surface area (TPSA) is 78.6 Å². The van der Waals surface area contributed by atoms with Crippen LogP contribution in [-0.2, 0) is 10.2 Å². The maximum Gasteiger partial charge on any atom is 0.410 e. The number of fused-ring (bicyclic) bond motifs is 1. The number of carbonyl (C=O) groups excluding carboxylic acids is 1. The van der Waals surface area contributed by atoms with Crippen molar-refractivity contribution >= 4 is 34.4 Å². The number of rotatable bonds is 4. The molecule has 42 heavy (non-hydrogen) atoms. The van der Waals surface area contributed by atoms with Gasteiger partial charge in [-0.1, -0.05) is 40.3 Å². The number of carbonyl (C=O) groups is 1. The van der Waals surface area contributed by atoms with Crippen LogP contribution in [0.25, 0.3) is 22.0 Å². The van der Waals surface area contributed by atoms with Crippen molar-refractivity contribution in [3.63, 3.8) is 0 Å². The van der Waals surface area contributed by atoms with Gasteiger partial charge in [0.05, 0.1) is 5.52 Å². The third-order valence-electron chi connectivity index (χ3n) is 7.42. The highest BCUT2D eigenvalue weighted by molar-refractivity contribution is 5.98. The zero-order valence-corrected chi connectivity index (χ0v) is 27.1. The van der Waals surface area contributed by atoms with Gasteiger partial charge in [0, 0.05) is 36.0 Å². The van der Waals surface area contributed by atoms with Crippen LogP contribution in [0, 0.1) is 24.2 Å². The number of benzene rings is 1. The predicted octanol–water partition coefficient (Wildman–Crippen LogP) is 8.95. The Kier molecular flexibility index (Phi) is 10.0. The van der Waals surface area contributed by atoms with Gasteiger partial charge in [0.2, 0.25) is 0 Å². The molecule has 0 fully saturated rings. The summed E-state index contributed by atoms with van der Waals surface area (Å²) >= 11 is 0. The molecule has 1 aromatic carbocycles. The number of aliphatic imine (C=N–C) groups is 1. The lowest BCUT2D eigenvalue weighted by Crippen LogP contribution is -2.44. The number of allylic oxidation sites excluding steroid dienone is 4. The number of nitriles is 1. The first-order valence-electron chi connectivity index (χ1n) is 14.7. The lowest BCUT2D eigenvalue weighted by molar-refractivity contribution is 0.0148. The van der Waals surface area contributed by atoms with Gasteiger partial charge in [-0.3, -0.25) is 9.98 Å². The van der Waals surface area contributed by atoms with E-state index in [4.69, 9.17) is 9.72 Å². The highest BCUT2D eigenvalue weighted by Gasteiger charge is 2.30. The third kappa shape index (κ3) is 7.66. The minimum atomic E-state index is -0.533. The van der Waals surface area contributed by atoms with Crippen molar-refractivity contribution in [2.45, 2.75) is 99.1 Å². The van der Waals surface area contributed by atoms with E-state index in [-0.39, 0.29) is 23.5 Å². The molecule has 1 amide bonds. The first-order valence-corrected chi connectivity index (χ1v) is 14.7. The van der Waals surface area contributed by atoms with Gasteiger partial charge in [0.1, 0.15) is 17.4 Å². The highest BCUT2D eigenvalue weighted by atomic mass is 16.6. The van der Waals surface area contributed by atoms with Gasteiger partial charge in [-0.25, -0.2) is 4.79 Å². The van der Waals surface area contributed by atoms with Crippen molar-refractivity contribution in [1.29, 1.82) is 5.26 Å². The van der Waals surface area contributed by atoms with Crippen molar-refractivity contribution in [2.24, 2.45) is 10.9 Å². The number of aromatic nitrogens is 1. The summed E-state index contributed by atoms with van der Waals surface area (Å²) in [6.07, 6.45) is 8.99. The molecule has 6 heteroatoms. The summed E-state index contributed by atoms with van der Waals surface area (Å²) in [7, 11) is 0. The summed E-state index contributed by atoms with van der Waals surface area (Å²) in [5.41, 5.74) is 9.85. The summed E-state index contributed by atoms with van der Waals surface area (Å²) < 4.78 is 5.74. The maximum absolute atomic E-state index is 13.0. The molecule has 1 aromatic heterocycles. The molecule has 222 valence electrons. The van der Waals surface area contributed by atoms with Crippen molar-refractivity contribution in [3.8, 4) is 6.07 Å². The molecule has 0 N–H and O–H groups in total. The molecule has 0 unspecified atom stereocenters. The average molecular weight is 567 g/mol.